The minimum absolute atomic E-state index is 0.234. The average molecular weight is 263 g/mol. The standard InChI is InChI=1S/C15H21NO3/c1-3-7-13(15(18)19)16-14(17)10-12-9-6-5-8-11(12)4-2/h5-6,8-9,13H,3-4,7,10H2,1-2H3,(H,16,17)(H,18,19). The second-order valence-corrected chi connectivity index (χ2v) is 4.55. The van der Waals surface area contributed by atoms with Crippen molar-refractivity contribution in [2.45, 2.75) is 45.6 Å². The number of carbonyl (C=O) groups is 2. The van der Waals surface area contributed by atoms with Crippen LogP contribution in [0.25, 0.3) is 0 Å². The van der Waals surface area contributed by atoms with Crippen molar-refractivity contribution in [3.8, 4) is 0 Å². The molecule has 0 heterocycles. The lowest BCUT2D eigenvalue weighted by atomic mass is 10.0. The van der Waals surface area contributed by atoms with Crippen molar-refractivity contribution in [3.63, 3.8) is 0 Å². The molecule has 104 valence electrons. The number of hydrogen-bond donors (Lipinski definition) is 2. The van der Waals surface area contributed by atoms with Crippen LogP contribution in [0.1, 0.15) is 37.8 Å². The van der Waals surface area contributed by atoms with E-state index in [9.17, 15) is 9.59 Å². The highest BCUT2D eigenvalue weighted by Crippen LogP contribution is 2.10. The van der Waals surface area contributed by atoms with Crippen molar-refractivity contribution in [2.24, 2.45) is 0 Å². The molecule has 4 heteroatoms. The first-order chi connectivity index (χ1) is 9.08. The van der Waals surface area contributed by atoms with E-state index < -0.39 is 12.0 Å². The van der Waals surface area contributed by atoms with Gasteiger partial charge in [0.2, 0.25) is 5.91 Å². The first-order valence-corrected chi connectivity index (χ1v) is 6.67. The van der Waals surface area contributed by atoms with Crippen LogP contribution in [0.5, 0.6) is 0 Å². The summed E-state index contributed by atoms with van der Waals surface area (Å²) < 4.78 is 0. The summed E-state index contributed by atoms with van der Waals surface area (Å²) in [4.78, 5) is 22.9. The van der Waals surface area contributed by atoms with E-state index in [1.54, 1.807) is 0 Å². The highest BCUT2D eigenvalue weighted by Gasteiger charge is 2.19. The lowest BCUT2D eigenvalue weighted by Crippen LogP contribution is -2.41. The molecule has 0 fully saturated rings. The highest BCUT2D eigenvalue weighted by molar-refractivity contribution is 5.85. The van der Waals surface area contributed by atoms with E-state index in [1.807, 2.05) is 38.1 Å². The van der Waals surface area contributed by atoms with Crippen LogP contribution in [0.2, 0.25) is 0 Å². The van der Waals surface area contributed by atoms with E-state index in [0.717, 1.165) is 24.0 Å². The first-order valence-electron chi connectivity index (χ1n) is 6.67. The summed E-state index contributed by atoms with van der Waals surface area (Å²) in [6.45, 7) is 3.93. The van der Waals surface area contributed by atoms with Crippen molar-refractivity contribution in [3.05, 3.63) is 35.4 Å². The van der Waals surface area contributed by atoms with Gasteiger partial charge in [0.15, 0.2) is 0 Å². The van der Waals surface area contributed by atoms with Gasteiger partial charge in [-0.15, -0.1) is 0 Å². The lowest BCUT2D eigenvalue weighted by Gasteiger charge is -2.14. The topological polar surface area (TPSA) is 66.4 Å². The van der Waals surface area contributed by atoms with Gasteiger partial charge >= 0.3 is 5.97 Å². The molecule has 0 aliphatic rings. The molecule has 1 unspecified atom stereocenters. The number of aliphatic carboxylic acids is 1. The van der Waals surface area contributed by atoms with Crippen LogP contribution in [0.3, 0.4) is 0 Å². The number of benzene rings is 1. The third-order valence-corrected chi connectivity index (χ3v) is 3.06. The van der Waals surface area contributed by atoms with Gasteiger partial charge in [-0.05, 0) is 24.0 Å². The molecule has 0 spiro atoms. The molecule has 2 N–H and O–H groups in total. The smallest absolute Gasteiger partial charge is 0.326 e. The first kappa shape index (κ1) is 15.2. The van der Waals surface area contributed by atoms with Gasteiger partial charge in [-0.1, -0.05) is 44.5 Å². The average Bonchev–Trinajstić information content (AvgIpc) is 2.38. The van der Waals surface area contributed by atoms with Crippen LogP contribution < -0.4 is 5.32 Å². The summed E-state index contributed by atoms with van der Waals surface area (Å²) in [5, 5.41) is 11.6. The molecule has 0 radical (unpaired) electrons. The second-order valence-electron chi connectivity index (χ2n) is 4.55. The molecule has 1 amide bonds. The third kappa shape index (κ3) is 4.73. The molecule has 1 aromatic carbocycles. The number of hydrogen-bond acceptors (Lipinski definition) is 2. The zero-order valence-electron chi connectivity index (χ0n) is 11.5. The van der Waals surface area contributed by atoms with Crippen LogP contribution in [0, 0.1) is 0 Å². The molecular formula is C15H21NO3. The molecule has 1 rings (SSSR count). The summed E-state index contributed by atoms with van der Waals surface area (Å²) in [6.07, 6.45) is 2.28. The Bertz CT molecular complexity index is 443. The SMILES string of the molecule is CCCC(NC(=O)Cc1ccccc1CC)C(=O)O. The molecule has 19 heavy (non-hydrogen) atoms. The number of carboxylic acid groups (broad SMARTS) is 1. The molecule has 0 aromatic heterocycles. The Morgan fingerprint density at radius 3 is 2.37 bits per heavy atom. The van der Waals surface area contributed by atoms with Crippen LogP contribution in [0.4, 0.5) is 0 Å². The number of rotatable bonds is 7. The van der Waals surface area contributed by atoms with Crippen LogP contribution >= 0.6 is 0 Å². The Balaban J connectivity index is 2.66. The largest absolute Gasteiger partial charge is 0.480 e. The minimum Gasteiger partial charge on any atom is -0.480 e. The maximum Gasteiger partial charge on any atom is 0.326 e. The Morgan fingerprint density at radius 2 is 1.84 bits per heavy atom. The molecule has 0 saturated carbocycles. The number of carbonyl (C=O) groups excluding carboxylic acids is 1. The lowest BCUT2D eigenvalue weighted by molar-refractivity contribution is -0.141. The van der Waals surface area contributed by atoms with Crippen molar-refractivity contribution >= 4 is 11.9 Å². The molecule has 1 atom stereocenters. The molecule has 0 saturated heterocycles. The zero-order valence-corrected chi connectivity index (χ0v) is 11.5. The molecule has 4 nitrogen and oxygen atoms in total. The van der Waals surface area contributed by atoms with Crippen LogP contribution in [0.15, 0.2) is 24.3 Å². The van der Waals surface area contributed by atoms with E-state index in [2.05, 4.69) is 5.32 Å². The van der Waals surface area contributed by atoms with E-state index >= 15 is 0 Å². The van der Waals surface area contributed by atoms with Gasteiger partial charge in [0, 0.05) is 0 Å². The highest BCUT2D eigenvalue weighted by atomic mass is 16.4. The number of carboxylic acids is 1. The minimum atomic E-state index is -0.973. The number of aryl methyl sites for hydroxylation is 1. The van der Waals surface area contributed by atoms with Crippen molar-refractivity contribution in [2.75, 3.05) is 0 Å². The maximum atomic E-state index is 11.9. The molecule has 1 aromatic rings. The molecule has 0 bridgehead atoms. The Hall–Kier alpha value is -1.84. The fraction of sp³-hybridized carbons (Fsp3) is 0.467. The van der Waals surface area contributed by atoms with Crippen molar-refractivity contribution in [1.29, 1.82) is 0 Å². The van der Waals surface area contributed by atoms with E-state index in [4.69, 9.17) is 5.11 Å². The Morgan fingerprint density at radius 1 is 1.21 bits per heavy atom. The van der Waals surface area contributed by atoms with Crippen LogP contribution in [-0.2, 0) is 22.4 Å². The van der Waals surface area contributed by atoms with Crippen molar-refractivity contribution < 1.29 is 14.7 Å². The fourth-order valence-electron chi connectivity index (χ4n) is 2.04. The normalized spacial score (nSPS) is 11.9. The maximum absolute atomic E-state index is 11.9. The van der Waals surface area contributed by atoms with Gasteiger partial charge in [-0.25, -0.2) is 4.79 Å². The van der Waals surface area contributed by atoms with Gasteiger partial charge in [0.1, 0.15) is 6.04 Å². The number of nitrogens with one attached hydrogen (secondary N) is 1. The molecule has 0 aliphatic heterocycles. The monoisotopic (exact) mass is 263 g/mol. The van der Waals surface area contributed by atoms with Gasteiger partial charge < -0.3 is 10.4 Å². The fourth-order valence-corrected chi connectivity index (χ4v) is 2.04. The molecular weight excluding hydrogens is 242 g/mol. The third-order valence-electron chi connectivity index (χ3n) is 3.06. The Labute approximate surface area is 113 Å². The predicted octanol–water partition coefficient (Wildman–Crippen LogP) is 2.16. The van der Waals surface area contributed by atoms with Gasteiger partial charge in [0.05, 0.1) is 6.42 Å². The summed E-state index contributed by atoms with van der Waals surface area (Å²) in [5.41, 5.74) is 2.09. The second kappa shape index (κ2) is 7.56. The summed E-state index contributed by atoms with van der Waals surface area (Å²) in [5.74, 6) is -1.21. The summed E-state index contributed by atoms with van der Waals surface area (Å²) in [7, 11) is 0. The number of amides is 1. The van der Waals surface area contributed by atoms with E-state index in [1.165, 1.54) is 0 Å². The molecule has 0 aliphatic carbocycles. The van der Waals surface area contributed by atoms with Crippen LogP contribution in [-0.4, -0.2) is 23.0 Å². The zero-order chi connectivity index (χ0) is 14.3. The van der Waals surface area contributed by atoms with E-state index in [-0.39, 0.29) is 12.3 Å². The Kier molecular flexibility index (Phi) is 6.06. The summed E-state index contributed by atoms with van der Waals surface area (Å²) >= 11 is 0. The van der Waals surface area contributed by atoms with Gasteiger partial charge in [-0.3, -0.25) is 4.79 Å². The summed E-state index contributed by atoms with van der Waals surface area (Å²) in [6, 6.07) is 6.95. The quantitative estimate of drug-likeness (QED) is 0.792. The van der Waals surface area contributed by atoms with Gasteiger partial charge in [0.25, 0.3) is 0 Å². The van der Waals surface area contributed by atoms with Crippen molar-refractivity contribution in [1.82, 2.24) is 5.32 Å². The van der Waals surface area contributed by atoms with E-state index in [0.29, 0.717) is 6.42 Å². The van der Waals surface area contributed by atoms with Gasteiger partial charge in [-0.2, -0.15) is 0 Å². The predicted molar refractivity (Wildman–Crippen MR) is 74.0 cm³/mol.